The lowest BCUT2D eigenvalue weighted by Crippen LogP contribution is -1.97. The third kappa shape index (κ3) is 2.76. The maximum absolute atomic E-state index is 10.8. The molecule has 0 aliphatic rings. The normalized spacial score (nSPS) is 11.6. The van der Waals surface area contributed by atoms with Gasteiger partial charge < -0.3 is 0 Å². The predicted octanol–water partition coefficient (Wildman–Crippen LogP) is 2.83. The van der Waals surface area contributed by atoms with Gasteiger partial charge in [0.1, 0.15) is 6.29 Å². The number of carbonyl (C=O) groups is 1. The van der Waals surface area contributed by atoms with Crippen LogP contribution in [-0.2, 0) is 4.79 Å². The number of carbonyl (C=O) groups excluding carboxylic acids is 1. The van der Waals surface area contributed by atoms with Crippen molar-refractivity contribution in [3.63, 3.8) is 0 Å². The summed E-state index contributed by atoms with van der Waals surface area (Å²) in [5.41, 5.74) is 1.03. The second kappa shape index (κ2) is 5.21. The first kappa shape index (κ1) is 12.1. The molecule has 1 aromatic rings. The molecule has 0 atom stereocenters. The van der Waals surface area contributed by atoms with E-state index < -0.39 is 4.92 Å². The van der Waals surface area contributed by atoms with Gasteiger partial charge in [-0.1, -0.05) is 26.0 Å². The lowest BCUT2D eigenvalue weighted by atomic mass is 10.0. The molecule has 4 nitrogen and oxygen atoms in total. The fraction of sp³-hybridized carbons (Fsp3) is 0.250. The average molecular weight is 219 g/mol. The quantitative estimate of drug-likeness (QED) is 0.338. The van der Waals surface area contributed by atoms with Crippen LogP contribution in [0.15, 0.2) is 29.8 Å². The van der Waals surface area contributed by atoms with E-state index in [9.17, 15) is 14.9 Å². The second-order valence-electron chi connectivity index (χ2n) is 3.73. The minimum Gasteiger partial charge on any atom is -0.298 e. The van der Waals surface area contributed by atoms with E-state index in [2.05, 4.69) is 0 Å². The Morgan fingerprint density at radius 2 is 2.00 bits per heavy atom. The summed E-state index contributed by atoms with van der Waals surface area (Å²) in [5, 5.41) is 10.7. The van der Waals surface area contributed by atoms with E-state index in [0.29, 0.717) is 11.1 Å². The molecule has 0 saturated heterocycles. The van der Waals surface area contributed by atoms with Gasteiger partial charge in [-0.2, -0.15) is 0 Å². The molecule has 0 bridgehead atoms. The minimum atomic E-state index is -0.450. The summed E-state index contributed by atoms with van der Waals surface area (Å²) in [6, 6.07) is 6.37. The molecule has 1 rings (SSSR count). The van der Waals surface area contributed by atoms with Gasteiger partial charge in [0.2, 0.25) is 0 Å². The van der Waals surface area contributed by atoms with Crippen LogP contribution in [0.5, 0.6) is 0 Å². The summed E-state index contributed by atoms with van der Waals surface area (Å²) >= 11 is 0. The topological polar surface area (TPSA) is 60.2 Å². The molecule has 16 heavy (non-hydrogen) atoms. The molecule has 84 valence electrons. The largest absolute Gasteiger partial charge is 0.298 e. The zero-order valence-corrected chi connectivity index (χ0v) is 9.21. The molecule has 0 aromatic heterocycles. The van der Waals surface area contributed by atoms with Gasteiger partial charge in [0.15, 0.2) is 0 Å². The molecule has 0 radical (unpaired) electrons. The highest BCUT2D eigenvalue weighted by Gasteiger charge is 2.11. The number of nitrogens with zero attached hydrogens (tertiary/aromatic N) is 1. The predicted molar refractivity (Wildman–Crippen MR) is 62.0 cm³/mol. The standard InChI is InChI=1S/C12H13NO3/c1-9(2)11(8-14)7-10-5-3-4-6-12(10)13(15)16/h3-9H,1-2H3. The van der Waals surface area contributed by atoms with Crippen LogP contribution >= 0.6 is 0 Å². The van der Waals surface area contributed by atoms with Gasteiger partial charge in [-0.15, -0.1) is 0 Å². The number of hydrogen-bond donors (Lipinski definition) is 0. The number of aldehydes is 1. The molecule has 0 aliphatic heterocycles. The van der Waals surface area contributed by atoms with Crippen molar-refractivity contribution in [3.8, 4) is 0 Å². The van der Waals surface area contributed by atoms with Crippen molar-refractivity contribution in [2.24, 2.45) is 5.92 Å². The molecule has 1 aromatic carbocycles. The first-order valence-electron chi connectivity index (χ1n) is 4.96. The van der Waals surface area contributed by atoms with Crippen LogP contribution in [0.1, 0.15) is 19.4 Å². The van der Waals surface area contributed by atoms with Gasteiger partial charge in [-0.25, -0.2) is 0 Å². The van der Waals surface area contributed by atoms with E-state index in [4.69, 9.17) is 0 Å². The maximum atomic E-state index is 10.8. The van der Waals surface area contributed by atoms with Gasteiger partial charge >= 0.3 is 0 Å². The Kier molecular flexibility index (Phi) is 3.94. The number of nitro benzene ring substituents is 1. The van der Waals surface area contributed by atoms with Crippen molar-refractivity contribution in [3.05, 3.63) is 45.5 Å². The zero-order valence-electron chi connectivity index (χ0n) is 9.21. The third-order valence-corrected chi connectivity index (χ3v) is 2.26. The number of hydrogen-bond acceptors (Lipinski definition) is 3. The van der Waals surface area contributed by atoms with Crippen LogP contribution < -0.4 is 0 Å². The van der Waals surface area contributed by atoms with Crippen LogP contribution in [0, 0.1) is 16.0 Å². The Hall–Kier alpha value is -1.97. The van der Waals surface area contributed by atoms with Crippen LogP contribution in [0.3, 0.4) is 0 Å². The Balaban J connectivity index is 3.23. The van der Waals surface area contributed by atoms with Crippen molar-refractivity contribution in [1.82, 2.24) is 0 Å². The second-order valence-corrected chi connectivity index (χ2v) is 3.73. The maximum Gasteiger partial charge on any atom is 0.276 e. The smallest absolute Gasteiger partial charge is 0.276 e. The molecular formula is C12H13NO3. The molecule has 0 spiro atoms. The van der Waals surface area contributed by atoms with E-state index in [1.165, 1.54) is 6.07 Å². The SMILES string of the molecule is CC(C)C(C=O)=Cc1ccccc1[N+](=O)[O-]. The van der Waals surface area contributed by atoms with E-state index in [0.717, 1.165) is 6.29 Å². The molecule has 0 amide bonds. The number of para-hydroxylation sites is 1. The molecule has 4 heteroatoms. The van der Waals surface area contributed by atoms with Gasteiger partial charge in [0, 0.05) is 6.07 Å². The Morgan fingerprint density at radius 1 is 1.38 bits per heavy atom. The molecular weight excluding hydrogens is 206 g/mol. The van der Waals surface area contributed by atoms with E-state index in [1.54, 1.807) is 24.3 Å². The van der Waals surface area contributed by atoms with Crippen molar-refractivity contribution < 1.29 is 9.72 Å². The van der Waals surface area contributed by atoms with Crippen molar-refractivity contribution >= 4 is 18.0 Å². The zero-order chi connectivity index (χ0) is 12.1. The summed E-state index contributed by atoms with van der Waals surface area (Å²) in [4.78, 5) is 21.1. The molecule has 0 N–H and O–H groups in total. The lowest BCUT2D eigenvalue weighted by Gasteiger charge is -2.03. The van der Waals surface area contributed by atoms with Crippen LogP contribution in [0.2, 0.25) is 0 Å². The summed E-state index contributed by atoms with van der Waals surface area (Å²) in [6.07, 6.45) is 2.30. The number of benzene rings is 1. The molecule has 0 unspecified atom stereocenters. The molecule has 0 heterocycles. The summed E-state index contributed by atoms with van der Waals surface area (Å²) in [6.45, 7) is 3.74. The fourth-order valence-corrected chi connectivity index (χ4v) is 1.29. The third-order valence-electron chi connectivity index (χ3n) is 2.26. The van der Waals surface area contributed by atoms with Gasteiger partial charge in [-0.3, -0.25) is 14.9 Å². The van der Waals surface area contributed by atoms with Crippen molar-refractivity contribution in [1.29, 1.82) is 0 Å². The monoisotopic (exact) mass is 219 g/mol. The Morgan fingerprint density at radius 3 is 2.50 bits per heavy atom. The first-order valence-corrected chi connectivity index (χ1v) is 4.96. The molecule has 0 fully saturated rings. The van der Waals surface area contributed by atoms with E-state index in [-0.39, 0.29) is 11.6 Å². The Labute approximate surface area is 93.7 Å². The number of nitro groups is 1. The highest BCUT2D eigenvalue weighted by Crippen LogP contribution is 2.22. The van der Waals surface area contributed by atoms with Crippen LogP contribution in [0.4, 0.5) is 5.69 Å². The molecule has 0 aliphatic carbocycles. The number of allylic oxidation sites excluding steroid dienone is 1. The van der Waals surface area contributed by atoms with Crippen molar-refractivity contribution in [2.45, 2.75) is 13.8 Å². The van der Waals surface area contributed by atoms with Gasteiger partial charge in [0.05, 0.1) is 10.5 Å². The minimum absolute atomic E-state index is 0.0162. The van der Waals surface area contributed by atoms with E-state index in [1.807, 2.05) is 13.8 Å². The van der Waals surface area contributed by atoms with Gasteiger partial charge in [0.25, 0.3) is 5.69 Å². The summed E-state index contributed by atoms with van der Waals surface area (Å²) in [5.74, 6) is 0.0531. The van der Waals surface area contributed by atoms with Crippen LogP contribution in [0.25, 0.3) is 6.08 Å². The molecule has 0 saturated carbocycles. The fourth-order valence-electron chi connectivity index (χ4n) is 1.29. The van der Waals surface area contributed by atoms with Gasteiger partial charge in [-0.05, 0) is 23.6 Å². The first-order chi connectivity index (χ1) is 7.56. The highest BCUT2D eigenvalue weighted by molar-refractivity contribution is 5.83. The Bertz CT molecular complexity index is 436. The number of rotatable bonds is 4. The lowest BCUT2D eigenvalue weighted by molar-refractivity contribution is -0.385. The van der Waals surface area contributed by atoms with Crippen molar-refractivity contribution in [2.75, 3.05) is 0 Å². The summed E-state index contributed by atoms with van der Waals surface area (Å²) < 4.78 is 0. The average Bonchev–Trinajstić information content (AvgIpc) is 2.25. The van der Waals surface area contributed by atoms with E-state index >= 15 is 0 Å². The summed E-state index contributed by atoms with van der Waals surface area (Å²) in [7, 11) is 0. The van der Waals surface area contributed by atoms with Crippen LogP contribution in [-0.4, -0.2) is 11.2 Å². The highest BCUT2D eigenvalue weighted by atomic mass is 16.6.